The molecule has 0 spiro atoms. The second-order valence-corrected chi connectivity index (χ2v) is 6.92. The summed E-state index contributed by atoms with van der Waals surface area (Å²) in [5.74, 6) is 1.27. The lowest BCUT2D eigenvalue weighted by Gasteiger charge is -2.11. The molecule has 0 saturated carbocycles. The van der Waals surface area contributed by atoms with Crippen LogP contribution in [0.1, 0.15) is 13.3 Å². The molecule has 0 radical (unpaired) electrons. The number of para-hydroxylation sites is 1. The van der Waals surface area contributed by atoms with E-state index in [2.05, 4.69) is 16.0 Å². The van der Waals surface area contributed by atoms with Gasteiger partial charge in [0.25, 0.3) is 0 Å². The Labute approximate surface area is 187 Å². The first-order valence-electron chi connectivity index (χ1n) is 10.5. The molecule has 0 aliphatic heterocycles. The highest BCUT2D eigenvalue weighted by atomic mass is 16.5. The van der Waals surface area contributed by atoms with E-state index < -0.39 is 0 Å². The quantitative estimate of drug-likeness (QED) is 0.386. The number of carbonyl (C=O) groups is 2. The van der Waals surface area contributed by atoms with Crippen LogP contribution in [0, 0.1) is 0 Å². The van der Waals surface area contributed by atoms with Crippen molar-refractivity contribution in [3.8, 4) is 11.5 Å². The number of anilines is 3. The molecule has 3 aromatic rings. The maximum Gasteiger partial charge on any atom is 0.243 e. The Morgan fingerprint density at radius 2 is 1.28 bits per heavy atom. The molecule has 7 heteroatoms. The fraction of sp³-hybridized carbons (Fsp3) is 0.200. The molecule has 2 amide bonds. The number of hydrogen-bond acceptors (Lipinski definition) is 5. The summed E-state index contributed by atoms with van der Waals surface area (Å²) in [7, 11) is 0. The average molecular weight is 434 g/mol. The maximum absolute atomic E-state index is 12.2. The minimum absolute atomic E-state index is 0.0775. The fourth-order valence-electron chi connectivity index (χ4n) is 2.82. The van der Waals surface area contributed by atoms with Gasteiger partial charge >= 0.3 is 0 Å². The first kappa shape index (κ1) is 22.7. The summed E-state index contributed by atoms with van der Waals surface area (Å²) in [5, 5.41) is 8.66. The Kier molecular flexibility index (Phi) is 8.50. The highest BCUT2D eigenvalue weighted by Gasteiger charge is 2.05. The van der Waals surface area contributed by atoms with Gasteiger partial charge in [-0.25, -0.2) is 0 Å². The number of amides is 2. The standard InChI is InChI=1S/C25H27N3O4/c1-2-24(29)27-20-7-6-8-21(17-20)28-25(30)18-26-19-11-13-23(14-12-19)32-16-15-31-22-9-4-3-5-10-22/h3-14,17,26H,2,15-16,18H2,1H3,(H,27,29)(H,28,30). The van der Waals surface area contributed by atoms with E-state index in [4.69, 9.17) is 9.47 Å². The van der Waals surface area contributed by atoms with Crippen LogP contribution in [0.3, 0.4) is 0 Å². The van der Waals surface area contributed by atoms with Crippen LogP contribution in [0.2, 0.25) is 0 Å². The minimum atomic E-state index is -0.192. The highest BCUT2D eigenvalue weighted by Crippen LogP contribution is 2.17. The van der Waals surface area contributed by atoms with Crippen molar-refractivity contribution in [2.45, 2.75) is 13.3 Å². The Balaban J connectivity index is 1.38. The molecule has 0 unspecified atom stereocenters. The van der Waals surface area contributed by atoms with Crippen molar-refractivity contribution in [1.29, 1.82) is 0 Å². The van der Waals surface area contributed by atoms with Gasteiger partial charge in [-0.15, -0.1) is 0 Å². The Hall–Kier alpha value is -4.00. The normalized spacial score (nSPS) is 10.2. The molecule has 0 heterocycles. The fourth-order valence-corrected chi connectivity index (χ4v) is 2.82. The van der Waals surface area contributed by atoms with Crippen molar-refractivity contribution in [2.75, 3.05) is 35.7 Å². The monoisotopic (exact) mass is 433 g/mol. The van der Waals surface area contributed by atoms with Gasteiger partial charge in [0.05, 0.1) is 6.54 Å². The first-order valence-corrected chi connectivity index (χ1v) is 10.5. The van der Waals surface area contributed by atoms with Crippen LogP contribution in [-0.4, -0.2) is 31.6 Å². The molecule has 0 aliphatic rings. The molecule has 32 heavy (non-hydrogen) atoms. The Morgan fingerprint density at radius 1 is 0.688 bits per heavy atom. The lowest BCUT2D eigenvalue weighted by Crippen LogP contribution is -2.21. The average Bonchev–Trinajstić information content (AvgIpc) is 2.82. The number of rotatable bonds is 11. The molecule has 3 aromatic carbocycles. The molecule has 0 atom stereocenters. The number of ether oxygens (including phenoxy) is 2. The SMILES string of the molecule is CCC(=O)Nc1cccc(NC(=O)CNc2ccc(OCCOc3ccccc3)cc2)c1. The molecule has 166 valence electrons. The van der Waals surface area contributed by atoms with Gasteiger partial charge in [-0.2, -0.15) is 0 Å². The van der Waals surface area contributed by atoms with E-state index in [1.165, 1.54) is 0 Å². The number of carbonyl (C=O) groups excluding carboxylic acids is 2. The molecule has 0 bridgehead atoms. The zero-order valence-corrected chi connectivity index (χ0v) is 18.0. The number of benzene rings is 3. The lowest BCUT2D eigenvalue weighted by molar-refractivity contribution is -0.116. The predicted molar refractivity (Wildman–Crippen MR) is 126 cm³/mol. The second-order valence-electron chi connectivity index (χ2n) is 6.92. The molecule has 3 N–H and O–H groups in total. The van der Waals surface area contributed by atoms with E-state index in [0.717, 1.165) is 17.2 Å². The topological polar surface area (TPSA) is 88.7 Å². The lowest BCUT2D eigenvalue weighted by atomic mass is 10.2. The zero-order valence-electron chi connectivity index (χ0n) is 18.0. The Morgan fingerprint density at radius 3 is 1.91 bits per heavy atom. The van der Waals surface area contributed by atoms with Crippen LogP contribution in [0.4, 0.5) is 17.1 Å². The summed E-state index contributed by atoms with van der Waals surface area (Å²) >= 11 is 0. The minimum Gasteiger partial charge on any atom is -0.490 e. The third kappa shape index (κ3) is 7.68. The summed E-state index contributed by atoms with van der Waals surface area (Å²) < 4.78 is 11.3. The summed E-state index contributed by atoms with van der Waals surface area (Å²) in [6.45, 7) is 2.78. The Bertz CT molecular complexity index is 1010. The van der Waals surface area contributed by atoms with Crippen molar-refractivity contribution in [3.05, 3.63) is 78.9 Å². The van der Waals surface area contributed by atoms with Crippen molar-refractivity contribution >= 4 is 28.9 Å². The van der Waals surface area contributed by atoms with E-state index in [0.29, 0.717) is 31.0 Å². The van der Waals surface area contributed by atoms with Crippen LogP contribution in [-0.2, 0) is 9.59 Å². The van der Waals surface area contributed by atoms with Gasteiger partial charge < -0.3 is 25.4 Å². The third-order valence-corrected chi connectivity index (χ3v) is 4.42. The third-order valence-electron chi connectivity index (χ3n) is 4.42. The van der Waals surface area contributed by atoms with Crippen LogP contribution >= 0.6 is 0 Å². The van der Waals surface area contributed by atoms with E-state index in [9.17, 15) is 9.59 Å². The van der Waals surface area contributed by atoms with Crippen LogP contribution < -0.4 is 25.4 Å². The van der Waals surface area contributed by atoms with E-state index in [1.807, 2.05) is 54.6 Å². The molecular formula is C25H27N3O4. The van der Waals surface area contributed by atoms with Gasteiger partial charge in [-0.1, -0.05) is 31.2 Å². The van der Waals surface area contributed by atoms with E-state index >= 15 is 0 Å². The predicted octanol–water partition coefficient (Wildman–Crippen LogP) is 4.54. The summed E-state index contributed by atoms with van der Waals surface area (Å²) in [6, 6.07) is 24.0. The van der Waals surface area contributed by atoms with Gasteiger partial charge in [0.2, 0.25) is 11.8 Å². The largest absolute Gasteiger partial charge is 0.490 e. The van der Waals surface area contributed by atoms with E-state index in [-0.39, 0.29) is 18.4 Å². The summed E-state index contributed by atoms with van der Waals surface area (Å²) in [6.07, 6.45) is 0.395. The van der Waals surface area contributed by atoms with Gasteiger partial charge in [-0.3, -0.25) is 9.59 Å². The molecule has 3 rings (SSSR count). The van der Waals surface area contributed by atoms with Crippen LogP contribution in [0.5, 0.6) is 11.5 Å². The molecule has 0 aliphatic carbocycles. The van der Waals surface area contributed by atoms with Crippen LogP contribution in [0.25, 0.3) is 0 Å². The number of nitrogens with one attached hydrogen (secondary N) is 3. The van der Waals surface area contributed by atoms with Gasteiger partial charge in [0, 0.05) is 23.5 Å². The molecule has 0 saturated heterocycles. The first-order chi connectivity index (χ1) is 15.6. The van der Waals surface area contributed by atoms with Gasteiger partial charge in [0.15, 0.2) is 0 Å². The van der Waals surface area contributed by atoms with Crippen molar-refractivity contribution in [3.63, 3.8) is 0 Å². The molecular weight excluding hydrogens is 406 g/mol. The van der Waals surface area contributed by atoms with Gasteiger partial charge in [-0.05, 0) is 54.6 Å². The summed E-state index contributed by atoms with van der Waals surface area (Å²) in [4.78, 5) is 23.7. The summed E-state index contributed by atoms with van der Waals surface area (Å²) in [5.41, 5.74) is 2.07. The zero-order chi connectivity index (χ0) is 22.6. The van der Waals surface area contributed by atoms with Crippen LogP contribution in [0.15, 0.2) is 78.9 Å². The maximum atomic E-state index is 12.2. The molecule has 7 nitrogen and oxygen atoms in total. The molecule has 0 aromatic heterocycles. The van der Waals surface area contributed by atoms with Gasteiger partial charge in [0.1, 0.15) is 24.7 Å². The number of hydrogen-bond donors (Lipinski definition) is 3. The van der Waals surface area contributed by atoms with E-state index in [1.54, 1.807) is 31.2 Å². The highest BCUT2D eigenvalue weighted by molar-refractivity contribution is 5.95. The van der Waals surface area contributed by atoms with Crippen molar-refractivity contribution in [2.24, 2.45) is 0 Å². The molecule has 0 fully saturated rings. The smallest absolute Gasteiger partial charge is 0.243 e. The van der Waals surface area contributed by atoms with Crippen molar-refractivity contribution < 1.29 is 19.1 Å². The second kappa shape index (κ2) is 12.0. The van der Waals surface area contributed by atoms with Crippen molar-refractivity contribution in [1.82, 2.24) is 0 Å².